The highest BCUT2D eigenvalue weighted by Crippen LogP contribution is 2.27. The van der Waals surface area contributed by atoms with E-state index in [1.54, 1.807) is 24.3 Å². The van der Waals surface area contributed by atoms with Gasteiger partial charge in [-0.3, -0.25) is 4.79 Å². The van der Waals surface area contributed by atoms with Gasteiger partial charge in [0.1, 0.15) is 5.75 Å². The maximum absolute atomic E-state index is 11.2. The quantitative estimate of drug-likeness (QED) is 0.870. The number of carbonyl (C=O) groups excluding carboxylic acids is 1. The van der Waals surface area contributed by atoms with Crippen molar-refractivity contribution in [3.63, 3.8) is 0 Å². The van der Waals surface area contributed by atoms with E-state index >= 15 is 0 Å². The van der Waals surface area contributed by atoms with Crippen LogP contribution in [0.1, 0.15) is 10.4 Å². The standard InChI is InChI=1S/C12H10ClNO2/c1-16-11-6-7-2-3-9(13)4-8(7)5-10(11)12(14)15/h2-6H,1H3,(H2,14,15). The lowest BCUT2D eigenvalue weighted by Gasteiger charge is -2.07. The first-order valence-electron chi connectivity index (χ1n) is 4.69. The summed E-state index contributed by atoms with van der Waals surface area (Å²) in [6, 6.07) is 8.88. The molecule has 2 aromatic rings. The summed E-state index contributed by atoms with van der Waals surface area (Å²) in [5, 5.41) is 2.43. The lowest BCUT2D eigenvalue weighted by molar-refractivity contribution is 0.0997. The lowest BCUT2D eigenvalue weighted by Crippen LogP contribution is -2.12. The molecule has 0 spiro atoms. The minimum Gasteiger partial charge on any atom is -0.496 e. The molecule has 0 aliphatic heterocycles. The van der Waals surface area contributed by atoms with Gasteiger partial charge in [-0.2, -0.15) is 0 Å². The van der Waals surface area contributed by atoms with Gasteiger partial charge in [0, 0.05) is 5.02 Å². The number of fused-ring (bicyclic) bond motifs is 1. The molecule has 82 valence electrons. The lowest BCUT2D eigenvalue weighted by atomic mass is 10.1. The molecule has 0 atom stereocenters. The Morgan fingerprint density at radius 3 is 2.62 bits per heavy atom. The first kappa shape index (κ1) is 10.8. The first-order valence-corrected chi connectivity index (χ1v) is 5.06. The molecular weight excluding hydrogens is 226 g/mol. The second-order valence-corrected chi connectivity index (χ2v) is 3.84. The molecule has 1 amide bonds. The third kappa shape index (κ3) is 1.82. The third-order valence-corrected chi connectivity index (χ3v) is 2.62. The van der Waals surface area contributed by atoms with Gasteiger partial charge in [0.05, 0.1) is 12.7 Å². The van der Waals surface area contributed by atoms with Gasteiger partial charge in [0.25, 0.3) is 5.91 Å². The van der Waals surface area contributed by atoms with Crippen LogP contribution in [0.15, 0.2) is 30.3 Å². The number of hydrogen-bond donors (Lipinski definition) is 1. The van der Waals surface area contributed by atoms with Crippen molar-refractivity contribution in [2.75, 3.05) is 7.11 Å². The summed E-state index contributed by atoms with van der Waals surface area (Å²) in [7, 11) is 1.50. The zero-order valence-corrected chi connectivity index (χ0v) is 9.41. The van der Waals surface area contributed by atoms with Gasteiger partial charge in [-0.25, -0.2) is 0 Å². The molecular formula is C12H10ClNO2. The van der Waals surface area contributed by atoms with Crippen LogP contribution in [0.3, 0.4) is 0 Å². The number of halogens is 1. The number of amides is 1. The smallest absolute Gasteiger partial charge is 0.252 e. The predicted molar refractivity (Wildman–Crippen MR) is 64.0 cm³/mol. The molecule has 0 aliphatic rings. The highest BCUT2D eigenvalue weighted by Gasteiger charge is 2.10. The normalized spacial score (nSPS) is 10.4. The molecule has 2 N–H and O–H groups in total. The Labute approximate surface area is 97.8 Å². The molecule has 0 heterocycles. The fourth-order valence-corrected chi connectivity index (χ4v) is 1.79. The number of ether oxygens (including phenoxy) is 1. The monoisotopic (exact) mass is 235 g/mol. The fourth-order valence-electron chi connectivity index (χ4n) is 1.61. The number of rotatable bonds is 2. The van der Waals surface area contributed by atoms with Crippen molar-refractivity contribution in [1.29, 1.82) is 0 Å². The summed E-state index contributed by atoms with van der Waals surface area (Å²) in [6.07, 6.45) is 0. The Hall–Kier alpha value is -1.74. The van der Waals surface area contributed by atoms with Crippen molar-refractivity contribution >= 4 is 28.3 Å². The van der Waals surface area contributed by atoms with Crippen LogP contribution < -0.4 is 10.5 Å². The molecule has 0 saturated carbocycles. The van der Waals surface area contributed by atoms with Crippen molar-refractivity contribution in [3.8, 4) is 5.75 Å². The van der Waals surface area contributed by atoms with Crippen molar-refractivity contribution in [1.82, 2.24) is 0 Å². The van der Waals surface area contributed by atoms with E-state index < -0.39 is 5.91 Å². The number of hydrogen-bond acceptors (Lipinski definition) is 2. The summed E-state index contributed by atoms with van der Waals surface area (Å²) in [6.45, 7) is 0. The van der Waals surface area contributed by atoms with Crippen LogP contribution in [-0.4, -0.2) is 13.0 Å². The van der Waals surface area contributed by atoms with E-state index in [0.717, 1.165) is 10.8 Å². The van der Waals surface area contributed by atoms with Gasteiger partial charge in [-0.05, 0) is 35.0 Å². The molecule has 16 heavy (non-hydrogen) atoms. The Balaban J connectivity index is 2.75. The summed E-state index contributed by atoms with van der Waals surface area (Å²) >= 11 is 5.88. The molecule has 0 fully saturated rings. The van der Waals surface area contributed by atoms with E-state index in [1.165, 1.54) is 7.11 Å². The first-order chi connectivity index (χ1) is 7.61. The maximum Gasteiger partial charge on any atom is 0.252 e. The Kier molecular flexibility index (Phi) is 2.71. The van der Waals surface area contributed by atoms with Gasteiger partial charge in [0.2, 0.25) is 0 Å². The van der Waals surface area contributed by atoms with Gasteiger partial charge in [-0.1, -0.05) is 17.7 Å². The van der Waals surface area contributed by atoms with Crippen molar-refractivity contribution in [2.24, 2.45) is 5.73 Å². The molecule has 2 rings (SSSR count). The van der Waals surface area contributed by atoms with Gasteiger partial charge in [0.15, 0.2) is 0 Å². The van der Waals surface area contributed by atoms with E-state index in [1.807, 2.05) is 6.07 Å². The Bertz CT molecular complexity index is 566. The molecule has 0 aromatic heterocycles. The Morgan fingerprint density at radius 1 is 1.25 bits per heavy atom. The molecule has 0 bridgehead atoms. The molecule has 0 radical (unpaired) electrons. The topological polar surface area (TPSA) is 52.3 Å². The molecule has 0 unspecified atom stereocenters. The SMILES string of the molecule is COc1cc2ccc(Cl)cc2cc1C(N)=O. The van der Waals surface area contributed by atoms with Gasteiger partial charge < -0.3 is 10.5 Å². The highest BCUT2D eigenvalue weighted by molar-refractivity contribution is 6.31. The number of carbonyl (C=O) groups is 1. The Morgan fingerprint density at radius 2 is 2.00 bits per heavy atom. The van der Waals surface area contributed by atoms with Gasteiger partial charge in [-0.15, -0.1) is 0 Å². The largest absolute Gasteiger partial charge is 0.496 e. The van der Waals surface area contributed by atoms with E-state index in [9.17, 15) is 4.79 Å². The minimum atomic E-state index is -0.515. The van der Waals surface area contributed by atoms with Crippen LogP contribution >= 0.6 is 11.6 Å². The van der Waals surface area contributed by atoms with Crippen LogP contribution in [-0.2, 0) is 0 Å². The average Bonchev–Trinajstić information content (AvgIpc) is 2.27. The zero-order chi connectivity index (χ0) is 11.7. The number of nitrogens with two attached hydrogens (primary N) is 1. The molecule has 0 aliphatic carbocycles. The number of methoxy groups -OCH3 is 1. The van der Waals surface area contributed by atoms with E-state index in [-0.39, 0.29) is 0 Å². The van der Waals surface area contributed by atoms with Crippen molar-refractivity contribution < 1.29 is 9.53 Å². The van der Waals surface area contributed by atoms with Gasteiger partial charge >= 0.3 is 0 Å². The van der Waals surface area contributed by atoms with E-state index in [4.69, 9.17) is 22.1 Å². The summed E-state index contributed by atoms with van der Waals surface area (Å²) in [5.41, 5.74) is 5.63. The molecule has 3 nitrogen and oxygen atoms in total. The highest BCUT2D eigenvalue weighted by atomic mass is 35.5. The maximum atomic E-state index is 11.2. The second-order valence-electron chi connectivity index (χ2n) is 3.41. The predicted octanol–water partition coefficient (Wildman–Crippen LogP) is 2.60. The van der Waals surface area contributed by atoms with E-state index in [2.05, 4.69) is 0 Å². The molecule has 2 aromatic carbocycles. The fraction of sp³-hybridized carbons (Fsp3) is 0.0833. The van der Waals surface area contributed by atoms with E-state index in [0.29, 0.717) is 16.3 Å². The molecule has 0 saturated heterocycles. The van der Waals surface area contributed by atoms with Crippen molar-refractivity contribution in [2.45, 2.75) is 0 Å². The second kappa shape index (κ2) is 4.02. The van der Waals surface area contributed by atoms with Crippen LogP contribution in [0, 0.1) is 0 Å². The number of benzene rings is 2. The summed E-state index contributed by atoms with van der Waals surface area (Å²) < 4.78 is 5.11. The van der Waals surface area contributed by atoms with Crippen LogP contribution in [0.5, 0.6) is 5.75 Å². The van der Waals surface area contributed by atoms with Crippen LogP contribution in [0.2, 0.25) is 5.02 Å². The minimum absolute atomic E-state index is 0.359. The summed E-state index contributed by atoms with van der Waals surface area (Å²) in [5.74, 6) is -0.0407. The van der Waals surface area contributed by atoms with Crippen molar-refractivity contribution in [3.05, 3.63) is 40.9 Å². The summed E-state index contributed by atoms with van der Waals surface area (Å²) in [4.78, 5) is 11.2. The molecule has 4 heteroatoms. The zero-order valence-electron chi connectivity index (χ0n) is 8.66. The number of primary amides is 1. The average molecular weight is 236 g/mol. The van der Waals surface area contributed by atoms with Crippen LogP contribution in [0.25, 0.3) is 10.8 Å². The van der Waals surface area contributed by atoms with Crippen LogP contribution in [0.4, 0.5) is 0 Å². The third-order valence-electron chi connectivity index (χ3n) is 2.39.